The molecule has 4 N–H and O–H groups in total. The molecule has 2 fully saturated rings. The molecule has 0 spiro atoms. The van der Waals surface area contributed by atoms with Crippen LogP contribution in [0.3, 0.4) is 0 Å². The maximum atomic E-state index is 10.2. The first-order chi connectivity index (χ1) is 25.5. The Morgan fingerprint density at radius 2 is 1.02 bits per heavy atom. The number of hydrogen-bond acceptors (Lipinski definition) is 4. The van der Waals surface area contributed by atoms with Crippen molar-refractivity contribution in [3.63, 3.8) is 0 Å². The zero-order chi connectivity index (χ0) is 34.8. The van der Waals surface area contributed by atoms with Gasteiger partial charge in [0.05, 0.1) is 29.4 Å². The number of piperidine rings is 2. The number of phenolic OH excluding ortho intramolecular Hbond substituents is 2. The molecular weight excluding hydrogens is 645 g/mol. The molecular formula is C44H46N6O2+2. The van der Waals surface area contributed by atoms with Crippen molar-refractivity contribution in [2.45, 2.75) is 38.8 Å². The fraction of sp³-hybridized carbons (Fsp3) is 0.318. The highest BCUT2D eigenvalue weighted by Crippen LogP contribution is 2.35. The van der Waals surface area contributed by atoms with Gasteiger partial charge in [-0.05, 0) is 117 Å². The molecule has 0 aliphatic carbocycles. The van der Waals surface area contributed by atoms with Crippen molar-refractivity contribution in [1.82, 2.24) is 19.8 Å². The maximum absolute atomic E-state index is 10.2. The molecule has 2 saturated heterocycles. The number of nitrogens with one attached hydrogen (secondary N) is 2. The van der Waals surface area contributed by atoms with Crippen LogP contribution in [0.25, 0.3) is 65.2 Å². The summed E-state index contributed by atoms with van der Waals surface area (Å²) in [4.78, 5) is 12.4. The van der Waals surface area contributed by atoms with E-state index >= 15 is 0 Å². The molecule has 2 aliphatic heterocycles. The second-order valence-electron chi connectivity index (χ2n) is 15.4. The first-order valence-corrected chi connectivity index (χ1v) is 19.1. The third kappa shape index (κ3) is 5.71. The van der Waals surface area contributed by atoms with Gasteiger partial charge in [-0.2, -0.15) is 0 Å². The molecule has 0 radical (unpaired) electrons. The summed E-state index contributed by atoms with van der Waals surface area (Å²) in [6.07, 6.45) is 14.3. The van der Waals surface area contributed by atoms with E-state index < -0.39 is 0 Å². The summed E-state index contributed by atoms with van der Waals surface area (Å²) < 4.78 is 4.70. The summed E-state index contributed by atoms with van der Waals surface area (Å²) in [5.41, 5.74) is 4.25. The first-order valence-electron chi connectivity index (χ1n) is 19.1. The van der Waals surface area contributed by atoms with Gasteiger partial charge < -0.3 is 20.2 Å². The Hall–Kier alpha value is -5.18. The van der Waals surface area contributed by atoms with Gasteiger partial charge in [0, 0.05) is 56.3 Å². The molecule has 6 heterocycles. The van der Waals surface area contributed by atoms with Gasteiger partial charge >= 0.3 is 0 Å². The molecule has 0 unspecified atom stereocenters. The van der Waals surface area contributed by atoms with E-state index in [0.29, 0.717) is 5.75 Å². The van der Waals surface area contributed by atoms with Gasteiger partial charge in [0.25, 0.3) is 0 Å². The molecule has 10 rings (SSSR count). The van der Waals surface area contributed by atoms with Crippen LogP contribution >= 0.6 is 0 Å². The number of aromatic nitrogens is 4. The largest absolute Gasteiger partial charge is 0.508 e. The SMILES string of the molecule is Oc1ccc2c(c1)[nH]c1ccc3cc[n+](CCN4CCC(C5CCN(CC[n+]6ccc7ccc8[nH]c9ccc(O)cc9c8c7c6)CC5)CC4)cc3c12. The quantitative estimate of drug-likeness (QED) is 0.132. The molecule has 2 aliphatic rings. The van der Waals surface area contributed by atoms with Gasteiger partial charge in [0.15, 0.2) is 37.9 Å². The van der Waals surface area contributed by atoms with Crippen LogP contribution < -0.4 is 9.13 Å². The number of aromatic amines is 2. The monoisotopic (exact) mass is 690 g/mol. The van der Waals surface area contributed by atoms with Crippen molar-refractivity contribution >= 4 is 65.2 Å². The van der Waals surface area contributed by atoms with Crippen molar-refractivity contribution in [1.29, 1.82) is 0 Å². The smallest absolute Gasteiger partial charge is 0.177 e. The van der Waals surface area contributed by atoms with Gasteiger partial charge in [0.2, 0.25) is 0 Å². The van der Waals surface area contributed by atoms with Crippen LogP contribution in [-0.4, -0.2) is 69.2 Å². The highest BCUT2D eigenvalue weighted by Gasteiger charge is 2.30. The number of rotatable bonds is 7. The van der Waals surface area contributed by atoms with Crippen LogP contribution in [0.15, 0.2) is 97.6 Å². The first kappa shape index (κ1) is 31.5. The fourth-order valence-corrected chi connectivity index (χ4v) is 9.48. The summed E-state index contributed by atoms with van der Waals surface area (Å²) >= 11 is 0. The Bertz CT molecular complexity index is 2610. The maximum Gasteiger partial charge on any atom is 0.177 e. The number of pyridine rings is 2. The molecule has 0 saturated carbocycles. The molecule has 8 heteroatoms. The second-order valence-corrected chi connectivity index (χ2v) is 15.4. The Morgan fingerprint density at radius 3 is 1.62 bits per heavy atom. The van der Waals surface area contributed by atoms with Crippen molar-refractivity contribution in [3.8, 4) is 11.5 Å². The highest BCUT2D eigenvalue weighted by atomic mass is 16.3. The van der Waals surface area contributed by atoms with E-state index in [-0.39, 0.29) is 5.75 Å². The average Bonchev–Trinajstić information content (AvgIpc) is 3.74. The number of fused-ring (bicyclic) bond motifs is 10. The fourth-order valence-electron chi connectivity index (χ4n) is 9.48. The lowest BCUT2D eigenvalue weighted by Crippen LogP contribution is -2.46. The molecule has 4 aromatic carbocycles. The summed E-state index contributed by atoms with van der Waals surface area (Å²) in [5, 5.41) is 29.8. The van der Waals surface area contributed by atoms with E-state index in [2.05, 4.69) is 90.1 Å². The predicted molar refractivity (Wildman–Crippen MR) is 209 cm³/mol. The standard InChI is InChI=1S/C44H44N6O2/c51-33-4-8-39-36(25-33)44-38-28-50(20-14-32(38)2-7-41(44)45-39)24-22-48-17-11-30(12-18-48)29-9-15-47(16-10-29)21-23-49-19-13-31-1-6-40-43(37(31)27-49)35-5-3-34(52)26-42(35)46-40/h1-8,13-14,19-20,25-30H,9-12,15-18,21-24H2,(H2,46,51,52)/p+2. The minimum absolute atomic E-state index is 0.289. The zero-order valence-electron chi connectivity index (χ0n) is 29.6. The Kier molecular flexibility index (Phi) is 7.76. The minimum Gasteiger partial charge on any atom is -0.508 e. The second kappa shape index (κ2) is 12.8. The average molecular weight is 691 g/mol. The van der Waals surface area contributed by atoms with Gasteiger partial charge in [0.1, 0.15) is 11.5 Å². The molecule has 4 aromatic heterocycles. The molecule has 0 atom stereocenters. The van der Waals surface area contributed by atoms with E-state index in [1.54, 1.807) is 12.1 Å². The van der Waals surface area contributed by atoms with E-state index in [9.17, 15) is 10.2 Å². The third-order valence-corrected chi connectivity index (χ3v) is 12.4. The van der Waals surface area contributed by atoms with E-state index in [0.717, 1.165) is 70.9 Å². The number of benzene rings is 4. The summed E-state index contributed by atoms with van der Waals surface area (Å²) in [7, 11) is 0. The normalized spacial score (nSPS) is 17.2. The van der Waals surface area contributed by atoms with Crippen molar-refractivity contribution < 1.29 is 19.3 Å². The molecule has 8 nitrogen and oxygen atoms in total. The summed E-state index contributed by atoms with van der Waals surface area (Å²) in [6.45, 7) is 8.95. The van der Waals surface area contributed by atoms with Gasteiger partial charge in [-0.25, -0.2) is 9.13 Å². The molecule has 0 bridgehead atoms. The summed E-state index contributed by atoms with van der Waals surface area (Å²) in [6, 6.07) is 24.3. The van der Waals surface area contributed by atoms with Crippen molar-refractivity contribution in [2.24, 2.45) is 11.8 Å². The van der Waals surface area contributed by atoms with E-state index in [1.807, 2.05) is 24.3 Å². The van der Waals surface area contributed by atoms with Crippen LogP contribution in [0.1, 0.15) is 25.7 Å². The predicted octanol–water partition coefficient (Wildman–Crippen LogP) is 7.37. The van der Waals surface area contributed by atoms with Crippen molar-refractivity contribution in [2.75, 3.05) is 39.3 Å². The number of likely N-dealkylation sites (tertiary alicyclic amines) is 2. The lowest BCUT2D eigenvalue weighted by molar-refractivity contribution is -0.695. The van der Waals surface area contributed by atoms with Crippen LogP contribution in [0.2, 0.25) is 0 Å². The number of nitrogens with zero attached hydrogens (tertiary/aromatic N) is 4. The zero-order valence-corrected chi connectivity index (χ0v) is 29.6. The molecule has 262 valence electrons. The van der Waals surface area contributed by atoms with Crippen LogP contribution in [0.4, 0.5) is 0 Å². The Labute approximate surface area is 302 Å². The molecule has 52 heavy (non-hydrogen) atoms. The highest BCUT2D eigenvalue weighted by molar-refractivity contribution is 6.21. The van der Waals surface area contributed by atoms with Crippen LogP contribution in [-0.2, 0) is 13.1 Å². The van der Waals surface area contributed by atoms with Crippen LogP contribution in [0.5, 0.6) is 11.5 Å². The Balaban J connectivity index is 0.729. The number of aromatic hydroxyl groups is 2. The number of hydrogen-bond donors (Lipinski definition) is 4. The third-order valence-electron chi connectivity index (χ3n) is 12.4. The number of phenols is 2. The topological polar surface area (TPSA) is 86.3 Å². The molecule has 0 amide bonds. The lowest BCUT2D eigenvalue weighted by Gasteiger charge is -2.39. The number of H-pyrrole nitrogens is 2. The Morgan fingerprint density at radius 1 is 0.519 bits per heavy atom. The summed E-state index contributed by atoms with van der Waals surface area (Å²) in [5.74, 6) is 2.30. The lowest BCUT2D eigenvalue weighted by atomic mass is 9.79. The molecule has 8 aromatic rings. The van der Waals surface area contributed by atoms with Crippen molar-refractivity contribution in [3.05, 3.63) is 97.6 Å². The van der Waals surface area contributed by atoms with E-state index in [4.69, 9.17) is 0 Å². The van der Waals surface area contributed by atoms with Gasteiger partial charge in [-0.15, -0.1) is 0 Å². The van der Waals surface area contributed by atoms with Gasteiger partial charge in [-0.3, -0.25) is 9.80 Å². The van der Waals surface area contributed by atoms with Gasteiger partial charge in [-0.1, -0.05) is 12.1 Å². The minimum atomic E-state index is 0.289. The van der Waals surface area contributed by atoms with Crippen LogP contribution in [0, 0.1) is 11.8 Å². The van der Waals surface area contributed by atoms with E-state index in [1.165, 1.54) is 84.2 Å².